The number of hydrogen-bond donors (Lipinski definition) is 5. The van der Waals surface area contributed by atoms with Gasteiger partial charge in [-0.05, 0) is 53.5 Å². The number of carbonyl (C=O) groups excluding carboxylic acids is 4. The molecule has 0 spiro atoms. The van der Waals surface area contributed by atoms with Crippen LogP contribution in [0.5, 0.6) is 0 Å². The second-order valence-electron chi connectivity index (χ2n) is 13.2. The van der Waals surface area contributed by atoms with Crippen molar-refractivity contribution >= 4 is 48.0 Å². The number of nitrogens with zero attached hydrogens (tertiary/aromatic N) is 4. The Bertz CT molecular complexity index is 1860. The maximum absolute atomic E-state index is 15.0. The molecule has 1 aliphatic heterocycles. The van der Waals surface area contributed by atoms with E-state index in [1.165, 1.54) is 30.6 Å². The minimum absolute atomic E-state index is 0.0124. The van der Waals surface area contributed by atoms with Gasteiger partial charge in [-0.15, -0.1) is 0 Å². The molecule has 270 valence electrons. The highest BCUT2D eigenvalue weighted by molar-refractivity contribution is 6.33. The highest BCUT2D eigenvalue weighted by atomic mass is 35.5. The zero-order valence-electron chi connectivity index (χ0n) is 27.7. The monoisotopic (exact) mass is 728 g/mol. The lowest BCUT2D eigenvalue weighted by Crippen LogP contribution is -2.49. The molecule has 5 N–H and O–H groups in total. The van der Waals surface area contributed by atoms with Crippen LogP contribution < -0.4 is 21.5 Å². The predicted octanol–water partition coefficient (Wildman–Crippen LogP) is 4.72. The van der Waals surface area contributed by atoms with Gasteiger partial charge in [-0.2, -0.15) is 13.9 Å². The fourth-order valence-electron chi connectivity index (χ4n) is 5.75. The summed E-state index contributed by atoms with van der Waals surface area (Å²) in [6.07, 6.45) is 2.02. The number of nitrogens with one attached hydrogen (secondary N) is 4. The molecule has 18 heteroatoms. The largest absolute Gasteiger partial charge is 0.465 e. The van der Waals surface area contributed by atoms with Gasteiger partial charge in [-0.3, -0.25) is 35.5 Å². The van der Waals surface area contributed by atoms with Crippen LogP contribution in [0, 0.1) is 5.41 Å². The van der Waals surface area contributed by atoms with Gasteiger partial charge in [0, 0.05) is 17.8 Å². The number of amides is 5. The maximum atomic E-state index is 15.0. The van der Waals surface area contributed by atoms with Gasteiger partial charge in [0.05, 0.1) is 22.8 Å². The number of rotatable bonds is 12. The number of benzene rings is 2. The van der Waals surface area contributed by atoms with Crippen molar-refractivity contribution in [2.75, 3.05) is 6.61 Å². The quantitative estimate of drug-likeness (QED) is 0.131. The van der Waals surface area contributed by atoms with Crippen LogP contribution in [-0.4, -0.2) is 68.8 Å². The molecule has 0 radical (unpaired) electrons. The fraction of sp³-hybridized carbons (Fsp3) is 0.364. The highest BCUT2D eigenvalue weighted by Gasteiger charge is 2.54. The standard InChI is InChI=1S/C33H35ClF2N8O7/c1-32(2,3)16-33(21-7-4-18(5-8-21)20-13-38-43(14-20)28(35)36)27(47)44(29(41-33)40-30(48)49)25(15-51-31(50)39-22-9-10-22)19-6-11-24(34)23(12-19)26(46)42-37-17-45/h4-8,11-14,17,22,25,28H,9-10,15-16H2,1-3H3,(H,37,45)(H,39,50)(H,40,41)(H,42,46)(H,48,49)/t25?,33-/m1/s1. The Hall–Kier alpha value is -5.58. The number of halogens is 3. The van der Waals surface area contributed by atoms with Crippen molar-refractivity contribution in [1.82, 2.24) is 36.2 Å². The van der Waals surface area contributed by atoms with Gasteiger partial charge >= 0.3 is 18.7 Å². The van der Waals surface area contributed by atoms with Gasteiger partial charge in [0.15, 0.2) is 5.54 Å². The molecule has 1 unspecified atom stereocenters. The number of alkyl carbamates (subject to hydrolysis) is 1. The summed E-state index contributed by atoms with van der Waals surface area (Å²) in [6.45, 7) is 2.28. The van der Waals surface area contributed by atoms with E-state index in [1.54, 1.807) is 24.3 Å². The van der Waals surface area contributed by atoms with Gasteiger partial charge in [0.1, 0.15) is 6.61 Å². The molecule has 2 heterocycles. The maximum Gasteiger partial charge on any atom is 0.411 e. The average molecular weight is 729 g/mol. The van der Waals surface area contributed by atoms with Crippen molar-refractivity contribution in [3.63, 3.8) is 0 Å². The number of hydrogen-bond acceptors (Lipinski definition) is 8. The first-order chi connectivity index (χ1) is 24.1. The molecule has 5 rings (SSSR count). The minimum Gasteiger partial charge on any atom is -0.465 e. The van der Waals surface area contributed by atoms with E-state index in [0.29, 0.717) is 21.4 Å². The van der Waals surface area contributed by atoms with Crippen LogP contribution >= 0.6 is 11.6 Å². The number of aliphatic imine (C=N–C) groups is 1. The Kier molecular flexibility index (Phi) is 10.6. The summed E-state index contributed by atoms with van der Waals surface area (Å²) in [5, 5.41) is 18.4. The zero-order valence-corrected chi connectivity index (χ0v) is 28.4. The molecule has 1 aliphatic carbocycles. The lowest BCUT2D eigenvalue weighted by Gasteiger charge is -2.35. The molecule has 2 aliphatic rings. The van der Waals surface area contributed by atoms with Crippen molar-refractivity contribution in [3.8, 4) is 11.1 Å². The first-order valence-electron chi connectivity index (χ1n) is 15.7. The molecule has 1 saturated carbocycles. The van der Waals surface area contributed by atoms with Crippen LogP contribution in [0.25, 0.3) is 11.1 Å². The topological polar surface area (TPSA) is 196 Å². The van der Waals surface area contributed by atoms with E-state index in [2.05, 4.69) is 21.2 Å². The zero-order chi connectivity index (χ0) is 37.1. The summed E-state index contributed by atoms with van der Waals surface area (Å²) in [5.41, 5.74) is 3.27. The number of carboxylic acid groups (broad SMARTS) is 1. The fourth-order valence-corrected chi connectivity index (χ4v) is 5.96. The first kappa shape index (κ1) is 36.7. The van der Waals surface area contributed by atoms with Crippen LogP contribution in [0.15, 0.2) is 59.9 Å². The molecule has 1 fully saturated rings. The van der Waals surface area contributed by atoms with Crippen molar-refractivity contribution in [3.05, 3.63) is 76.6 Å². The van der Waals surface area contributed by atoms with Crippen LogP contribution in [0.1, 0.15) is 74.1 Å². The summed E-state index contributed by atoms with van der Waals surface area (Å²) in [4.78, 5) is 69.3. The molecular weight excluding hydrogens is 694 g/mol. The number of carbonyl (C=O) groups is 5. The van der Waals surface area contributed by atoms with Crippen molar-refractivity contribution < 1.29 is 42.6 Å². The lowest BCUT2D eigenvalue weighted by molar-refractivity contribution is -0.135. The summed E-state index contributed by atoms with van der Waals surface area (Å²) in [6, 6.07) is 9.28. The van der Waals surface area contributed by atoms with E-state index >= 15 is 0 Å². The van der Waals surface area contributed by atoms with Crippen LogP contribution in [-0.2, 0) is 19.9 Å². The van der Waals surface area contributed by atoms with E-state index < -0.39 is 54.2 Å². The smallest absolute Gasteiger partial charge is 0.411 e. The van der Waals surface area contributed by atoms with E-state index in [0.717, 1.165) is 17.7 Å². The van der Waals surface area contributed by atoms with Crippen LogP contribution in [0.3, 0.4) is 0 Å². The van der Waals surface area contributed by atoms with E-state index in [1.807, 2.05) is 26.2 Å². The first-order valence-corrected chi connectivity index (χ1v) is 16.1. The van der Waals surface area contributed by atoms with E-state index in [4.69, 9.17) is 21.3 Å². The second kappa shape index (κ2) is 14.7. The third-order valence-electron chi connectivity index (χ3n) is 8.05. The Labute approximate surface area is 295 Å². The van der Waals surface area contributed by atoms with Crippen molar-refractivity contribution in [1.29, 1.82) is 0 Å². The van der Waals surface area contributed by atoms with Gasteiger partial charge in [-0.1, -0.05) is 62.7 Å². The number of ether oxygens (including phenoxy) is 1. The molecule has 2 aromatic carbocycles. The Balaban J connectivity index is 1.61. The molecule has 0 saturated heterocycles. The lowest BCUT2D eigenvalue weighted by atomic mass is 9.75. The molecule has 15 nitrogen and oxygen atoms in total. The SMILES string of the molecule is CC(C)(C)C[C@]1(c2ccc(-c3cnn(C(F)F)c3)cc2)N=C(NC(=O)O)N(C(COC(=O)NC2CC2)c2ccc(Cl)c(C(=O)NNC=O)c2)C1=O. The van der Waals surface area contributed by atoms with Gasteiger partial charge < -0.3 is 15.2 Å². The molecule has 3 aromatic rings. The van der Waals surface area contributed by atoms with E-state index in [-0.39, 0.29) is 41.0 Å². The molecule has 0 bridgehead atoms. The minimum atomic E-state index is -2.83. The van der Waals surface area contributed by atoms with Crippen molar-refractivity contribution in [2.45, 2.75) is 64.2 Å². The summed E-state index contributed by atoms with van der Waals surface area (Å²) >= 11 is 6.32. The average Bonchev–Trinajstić information content (AvgIpc) is 3.65. The molecule has 1 aromatic heterocycles. The summed E-state index contributed by atoms with van der Waals surface area (Å²) < 4.78 is 32.4. The van der Waals surface area contributed by atoms with Crippen molar-refractivity contribution in [2.24, 2.45) is 10.4 Å². The Morgan fingerprint density at radius 3 is 2.43 bits per heavy atom. The van der Waals surface area contributed by atoms with Gasteiger partial charge in [0.2, 0.25) is 12.4 Å². The number of alkyl halides is 2. The molecular formula is C33H35ClF2N8O7. The molecule has 51 heavy (non-hydrogen) atoms. The number of guanidine groups is 1. The van der Waals surface area contributed by atoms with Gasteiger partial charge in [-0.25, -0.2) is 19.3 Å². The van der Waals surface area contributed by atoms with Crippen LogP contribution in [0.4, 0.5) is 18.4 Å². The Morgan fingerprint density at radius 1 is 1.14 bits per heavy atom. The summed E-state index contributed by atoms with van der Waals surface area (Å²) in [7, 11) is 0. The van der Waals surface area contributed by atoms with Crippen LogP contribution in [0.2, 0.25) is 5.02 Å². The number of hydrazine groups is 1. The molecule has 5 amide bonds. The van der Waals surface area contributed by atoms with Gasteiger partial charge in [0.25, 0.3) is 11.8 Å². The predicted molar refractivity (Wildman–Crippen MR) is 178 cm³/mol. The van der Waals surface area contributed by atoms with E-state index in [9.17, 15) is 37.9 Å². The third kappa shape index (κ3) is 8.42. The second-order valence-corrected chi connectivity index (χ2v) is 13.6. The normalized spacial score (nSPS) is 17.8. The molecule has 2 atom stereocenters. The number of aromatic nitrogens is 2. The summed E-state index contributed by atoms with van der Waals surface area (Å²) in [5.74, 6) is -1.86. The highest BCUT2D eigenvalue weighted by Crippen LogP contribution is 2.45. The Morgan fingerprint density at radius 2 is 1.84 bits per heavy atom. The third-order valence-corrected chi connectivity index (χ3v) is 8.38.